The lowest BCUT2D eigenvalue weighted by molar-refractivity contribution is -0.140. The van der Waals surface area contributed by atoms with Crippen LogP contribution in [0, 0.1) is 0 Å². The largest absolute Gasteiger partial charge is 0.501 e. The van der Waals surface area contributed by atoms with E-state index < -0.39 is 0 Å². The maximum absolute atomic E-state index is 10.7. The summed E-state index contributed by atoms with van der Waals surface area (Å²) in [5, 5.41) is 0. The Hall–Kier alpha value is -0.990. The van der Waals surface area contributed by atoms with Gasteiger partial charge in [-0.3, -0.25) is 4.79 Å². The summed E-state index contributed by atoms with van der Waals surface area (Å²) in [7, 11) is 2.91. The summed E-state index contributed by atoms with van der Waals surface area (Å²) in [6, 6.07) is 0. The normalized spacial score (nSPS) is 8.73. The molecule has 0 aliphatic carbocycles. The van der Waals surface area contributed by atoms with Crippen LogP contribution in [0.5, 0.6) is 0 Å². The first kappa shape index (κ1) is 10.0. The molecule has 0 spiro atoms. The van der Waals surface area contributed by atoms with E-state index in [-0.39, 0.29) is 12.4 Å². The molecular formula is C8H14O3. The maximum atomic E-state index is 10.7. The number of hydrogen-bond donors (Lipinski definition) is 0. The second-order valence-corrected chi connectivity index (χ2v) is 2.38. The monoisotopic (exact) mass is 158 g/mol. The fourth-order valence-electron chi connectivity index (χ4n) is 0.656. The quantitative estimate of drug-likeness (QED) is 0.461. The minimum atomic E-state index is -0.275. The zero-order valence-corrected chi connectivity index (χ0v) is 7.43. The Kier molecular flexibility index (Phi) is 4.34. The first-order valence-corrected chi connectivity index (χ1v) is 3.39. The molecule has 0 saturated carbocycles. The predicted molar refractivity (Wildman–Crippen MR) is 42.0 cm³/mol. The standard InChI is InChI=1S/C8H14O3/c1-6(2)7(10-3)5-8(9)11-4/h5H2,1-4H3. The Morgan fingerprint density at radius 3 is 2.00 bits per heavy atom. The van der Waals surface area contributed by atoms with E-state index in [0.717, 1.165) is 5.57 Å². The fraction of sp³-hybridized carbons (Fsp3) is 0.625. The number of esters is 1. The number of allylic oxidation sites excluding steroid dienone is 1. The first-order valence-electron chi connectivity index (χ1n) is 3.39. The third kappa shape index (κ3) is 3.65. The van der Waals surface area contributed by atoms with Crippen LogP contribution in [0.25, 0.3) is 0 Å². The summed E-state index contributed by atoms with van der Waals surface area (Å²) < 4.78 is 9.44. The van der Waals surface area contributed by atoms with Crippen molar-refractivity contribution in [2.75, 3.05) is 14.2 Å². The van der Waals surface area contributed by atoms with Crippen LogP contribution in [0.4, 0.5) is 0 Å². The van der Waals surface area contributed by atoms with Gasteiger partial charge in [-0.1, -0.05) is 0 Å². The SMILES string of the molecule is COC(=O)CC(OC)=C(C)C. The van der Waals surface area contributed by atoms with Gasteiger partial charge >= 0.3 is 5.97 Å². The van der Waals surface area contributed by atoms with Crippen LogP contribution in [0.15, 0.2) is 11.3 Å². The van der Waals surface area contributed by atoms with Gasteiger partial charge in [0.1, 0.15) is 12.2 Å². The maximum Gasteiger partial charge on any atom is 0.313 e. The van der Waals surface area contributed by atoms with Crippen LogP contribution in [-0.2, 0) is 14.3 Å². The number of rotatable bonds is 3. The van der Waals surface area contributed by atoms with Crippen molar-refractivity contribution in [2.24, 2.45) is 0 Å². The number of hydrogen-bond acceptors (Lipinski definition) is 3. The van der Waals surface area contributed by atoms with Gasteiger partial charge in [0.05, 0.1) is 14.2 Å². The Bertz CT molecular complexity index is 166. The number of ether oxygens (including phenoxy) is 2. The second-order valence-electron chi connectivity index (χ2n) is 2.38. The van der Waals surface area contributed by atoms with Gasteiger partial charge < -0.3 is 9.47 Å². The van der Waals surface area contributed by atoms with Crippen LogP contribution in [0.2, 0.25) is 0 Å². The molecule has 0 unspecified atom stereocenters. The van der Waals surface area contributed by atoms with Gasteiger partial charge in [0.2, 0.25) is 0 Å². The van der Waals surface area contributed by atoms with E-state index in [1.165, 1.54) is 7.11 Å². The Morgan fingerprint density at radius 1 is 1.18 bits per heavy atom. The van der Waals surface area contributed by atoms with Crippen molar-refractivity contribution in [1.82, 2.24) is 0 Å². The molecule has 0 fully saturated rings. The molecule has 0 saturated heterocycles. The lowest BCUT2D eigenvalue weighted by Crippen LogP contribution is -2.03. The average molecular weight is 158 g/mol. The summed E-state index contributed by atoms with van der Waals surface area (Å²) in [4.78, 5) is 10.7. The van der Waals surface area contributed by atoms with Crippen LogP contribution >= 0.6 is 0 Å². The van der Waals surface area contributed by atoms with E-state index in [4.69, 9.17) is 4.74 Å². The molecule has 0 aromatic rings. The highest BCUT2D eigenvalue weighted by atomic mass is 16.5. The molecule has 64 valence electrons. The van der Waals surface area contributed by atoms with E-state index in [9.17, 15) is 4.79 Å². The van der Waals surface area contributed by atoms with Gasteiger partial charge in [0, 0.05) is 0 Å². The molecule has 0 bridgehead atoms. The molecule has 0 heterocycles. The average Bonchev–Trinajstić information content (AvgIpc) is 1.99. The molecule has 0 amide bonds. The predicted octanol–water partition coefficient (Wildman–Crippen LogP) is 1.49. The zero-order chi connectivity index (χ0) is 8.85. The van der Waals surface area contributed by atoms with Gasteiger partial charge in [-0.15, -0.1) is 0 Å². The smallest absolute Gasteiger partial charge is 0.313 e. The molecule has 0 N–H and O–H groups in total. The Labute approximate surface area is 67.0 Å². The van der Waals surface area contributed by atoms with E-state index >= 15 is 0 Å². The van der Waals surface area contributed by atoms with Crippen molar-refractivity contribution in [2.45, 2.75) is 20.3 Å². The molecule has 0 aromatic carbocycles. The van der Waals surface area contributed by atoms with Gasteiger partial charge in [0.15, 0.2) is 0 Å². The molecule has 11 heavy (non-hydrogen) atoms. The minimum Gasteiger partial charge on any atom is -0.501 e. The van der Waals surface area contributed by atoms with Crippen LogP contribution in [0.1, 0.15) is 20.3 Å². The van der Waals surface area contributed by atoms with E-state index in [1.807, 2.05) is 13.8 Å². The molecule has 0 aliphatic rings. The summed E-state index contributed by atoms with van der Waals surface area (Å²) in [5.41, 5.74) is 0.998. The van der Waals surface area contributed by atoms with Crippen LogP contribution in [0.3, 0.4) is 0 Å². The van der Waals surface area contributed by atoms with E-state index in [0.29, 0.717) is 5.76 Å². The van der Waals surface area contributed by atoms with Crippen LogP contribution < -0.4 is 0 Å². The molecule has 0 radical (unpaired) electrons. The highest BCUT2D eigenvalue weighted by Crippen LogP contribution is 2.08. The molecule has 0 aliphatic heterocycles. The molecule has 0 rings (SSSR count). The van der Waals surface area contributed by atoms with Gasteiger partial charge in [0.25, 0.3) is 0 Å². The summed E-state index contributed by atoms with van der Waals surface area (Å²) in [5.74, 6) is 0.403. The van der Waals surface area contributed by atoms with Crippen molar-refractivity contribution >= 4 is 5.97 Å². The molecular weight excluding hydrogens is 144 g/mol. The highest BCUT2D eigenvalue weighted by molar-refractivity contribution is 5.71. The third-order valence-electron chi connectivity index (χ3n) is 1.34. The highest BCUT2D eigenvalue weighted by Gasteiger charge is 2.06. The molecule has 0 atom stereocenters. The first-order chi connectivity index (χ1) is 5.11. The minimum absolute atomic E-state index is 0.218. The summed E-state index contributed by atoms with van der Waals surface area (Å²) >= 11 is 0. The zero-order valence-electron chi connectivity index (χ0n) is 7.43. The topological polar surface area (TPSA) is 35.5 Å². The second kappa shape index (κ2) is 4.77. The van der Waals surface area contributed by atoms with Crippen molar-refractivity contribution in [3.05, 3.63) is 11.3 Å². The fourth-order valence-corrected chi connectivity index (χ4v) is 0.656. The molecule has 3 nitrogen and oxygen atoms in total. The summed E-state index contributed by atoms with van der Waals surface area (Å²) in [6.07, 6.45) is 0.218. The Morgan fingerprint density at radius 2 is 1.73 bits per heavy atom. The Balaban J connectivity index is 4.11. The number of methoxy groups -OCH3 is 2. The van der Waals surface area contributed by atoms with Gasteiger partial charge in [-0.05, 0) is 19.4 Å². The lowest BCUT2D eigenvalue weighted by atomic mass is 10.2. The van der Waals surface area contributed by atoms with E-state index in [2.05, 4.69) is 4.74 Å². The van der Waals surface area contributed by atoms with E-state index in [1.54, 1.807) is 7.11 Å². The number of carbonyl (C=O) groups excluding carboxylic acids is 1. The summed E-state index contributed by atoms with van der Waals surface area (Å²) in [6.45, 7) is 3.78. The van der Waals surface area contributed by atoms with Gasteiger partial charge in [-0.25, -0.2) is 0 Å². The van der Waals surface area contributed by atoms with Crippen LogP contribution in [-0.4, -0.2) is 20.2 Å². The van der Waals surface area contributed by atoms with Crippen molar-refractivity contribution < 1.29 is 14.3 Å². The molecule has 0 aromatic heterocycles. The molecule has 3 heteroatoms. The number of carbonyl (C=O) groups is 1. The lowest BCUT2D eigenvalue weighted by Gasteiger charge is -2.06. The van der Waals surface area contributed by atoms with Gasteiger partial charge in [-0.2, -0.15) is 0 Å². The van der Waals surface area contributed by atoms with Crippen molar-refractivity contribution in [3.63, 3.8) is 0 Å². The van der Waals surface area contributed by atoms with Crippen molar-refractivity contribution in [3.8, 4) is 0 Å². The third-order valence-corrected chi connectivity index (χ3v) is 1.34. The van der Waals surface area contributed by atoms with Crippen molar-refractivity contribution in [1.29, 1.82) is 0 Å².